The molecule has 0 aromatic heterocycles. The molecule has 0 spiro atoms. The molecule has 2 fully saturated rings. The lowest BCUT2D eigenvalue weighted by molar-refractivity contribution is -0.153. The zero-order valence-electron chi connectivity index (χ0n) is 11.3. The lowest BCUT2D eigenvalue weighted by atomic mass is 9.80. The van der Waals surface area contributed by atoms with E-state index in [1.807, 2.05) is 0 Å². The largest absolute Gasteiger partial charge is 0.481 e. The fraction of sp³-hybridized carbons (Fsp3) is 0.769. The second-order valence-corrected chi connectivity index (χ2v) is 5.42. The van der Waals surface area contributed by atoms with Gasteiger partial charge in [-0.2, -0.15) is 0 Å². The molecule has 7 nitrogen and oxygen atoms in total. The number of nitrogens with two attached hydrogens (primary N) is 1. The van der Waals surface area contributed by atoms with Gasteiger partial charge in [-0.1, -0.05) is 6.42 Å². The number of nitrogens with zero attached hydrogens (tertiary/aromatic N) is 1. The van der Waals surface area contributed by atoms with Gasteiger partial charge in [0.05, 0.1) is 19.1 Å². The maximum absolute atomic E-state index is 12.5. The number of hydrogen-bond donors (Lipinski definition) is 2. The molecule has 112 valence electrons. The topological polar surface area (TPSA) is 110 Å². The summed E-state index contributed by atoms with van der Waals surface area (Å²) in [4.78, 5) is 36.4. The van der Waals surface area contributed by atoms with Gasteiger partial charge in [0.1, 0.15) is 6.04 Å². The van der Waals surface area contributed by atoms with Crippen LogP contribution in [0.1, 0.15) is 25.7 Å². The summed E-state index contributed by atoms with van der Waals surface area (Å²) < 4.78 is 5.18. The summed E-state index contributed by atoms with van der Waals surface area (Å²) in [5.41, 5.74) is 5.29. The molecule has 3 atom stereocenters. The number of carboxylic acids is 1. The second kappa shape index (κ2) is 6.21. The van der Waals surface area contributed by atoms with E-state index < -0.39 is 23.8 Å². The maximum atomic E-state index is 12.5. The van der Waals surface area contributed by atoms with E-state index >= 15 is 0 Å². The fourth-order valence-corrected chi connectivity index (χ4v) is 2.98. The lowest BCUT2D eigenvalue weighted by Gasteiger charge is -2.37. The number of amides is 2. The van der Waals surface area contributed by atoms with Crippen LogP contribution in [0, 0.1) is 11.8 Å². The number of carboxylic acid groups (broad SMARTS) is 1. The highest BCUT2D eigenvalue weighted by molar-refractivity contribution is 5.88. The van der Waals surface area contributed by atoms with E-state index in [2.05, 4.69) is 0 Å². The number of primary amides is 1. The van der Waals surface area contributed by atoms with Crippen molar-refractivity contribution < 1.29 is 24.2 Å². The van der Waals surface area contributed by atoms with E-state index in [0.717, 1.165) is 6.42 Å². The van der Waals surface area contributed by atoms with Gasteiger partial charge in [0.15, 0.2) is 0 Å². The Balaban J connectivity index is 2.05. The molecule has 0 aromatic rings. The number of carbonyl (C=O) groups excluding carboxylic acids is 2. The van der Waals surface area contributed by atoms with E-state index in [9.17, 15) is 14.4 Å². The van der Waals surface area contributed by atoms with Crippen molar-refractivity contribution in [1.82, 2.24) is 4.90 Å². The first-order valence-corrected chi connectivity index (χ1v) is 6.91. The summed E-state index contributed by atoms with van der Waals surface area (Å²) in [5, 5.41) is 9.07. The van der Waals surface area contributed by atoms with Crippen molar-refractivity contribution in [3.8, 4) is 0 Å². The summed E-state index contributed by atoms with van der Waals surface area (Å²) in [5.74, 6) is -2.39. The van der Waals surface area contributed by atoms with Gasteiger partial charge in [0, 0.05) is 12.5 Å². The van der Waals surface area contributed by atoms with Gasteiger partial charge in [-0.15, -0.1) is 0 Å². The molecule has 2 rings (SSSR count). The first-order valence-electron chi connectivity index (χ1n) is 6.91. The van der Waals surface area contributed by atoms with Crippen LogP contribution in [0.5, 0.6) is 0 Å². The molecule has 2 amide bonds. The Bertz CT molecular complexity index is 412. The predicted molar refractivity (Wildman–Crippen MR) is 68.6 cm³/mol. The molecular weight excluding hydrogens is 264 g/mol. The van der Waals surface area contributed by atoms with Gasteiger partial charge < -0.3 is 20.5 Å². The molecule has 7 heteroatoms. The third-order valence-corrected chi connectivity index (χ3v) is 4.11. The van der Waals surface area contributed by atoms with Crippen molar-refractivity contribution in [2.75, 3.05) is 19.8 Å². The highest BCUT2D eigenvalue weighted by Gasteiger charge is 2.38. The molecule has 0 bridgehead atoms. The normalized spacial score (nSPS) is 30.8. The van der Waals surface area contributed by atoms with Gasteiger partial charge in [0.2, 0.25) is 11.8 Å². The monoisotopic (exact) mass is 284 g/mol. The van der Waals surface area contributed by atoms with Gasteiger partial charge in [-0.05, 0) is 19.3 Å². The quantitative estimate of drug-likeness (QED) is 0.732. The zero-order valence-corrected chi connectivity index (χ0v) is 11.3. The predicted octanol–water partition coefficient (Wildman–Crippen LogP) is -0.410. The van der Waals surface area contributed by atoms with Gasteiger partial charge >= 0.3 is 5.97 Å². The number of ether oxygens (including phenoxy) is 1. The summed E-state index contributed by atoms with van der Waals surface area (Å²) in [6.45, 7) is 0.835. The Hall–Kier alpha value is -1.63. The van der Waals surface area contributed by atoms with Crippen LogP contribution >= 0.6 is 0 Å². The minimum atomic E-state index is -0.851. The zero-order chi connectivity index (χ0) is 14.7. The Morgan fingerprint density at radius 2 is 1.90 bits per heavy atom. The molecule has 3 unspecified atom stereocenters. The molecule has 1 saturated carbocycles. The van der Waals surface area contributed by atoms with Crippen molar-refractivity contribution in [3.63, 3.8) is 0 Å². The van der Waals surface area contributed by atoms with Crippen LogP contribution in [0.15, 0.2) is 0 Å². The molecule has 1 aliphatic heterocycles. The van der Waals surface area contributed by atoms with Gasteiger partial charge in [-0.25, -0.2) is 0 Å². The Kier molecular flexibility index (Phi) is 4.59. The minimum Gasteiger partial charge on any atom is -0.481 e. The van der Waals surface area contributed by atoms with E-state index in [0.29, 0.717) is 32.4 Å². The lowest BCUT2D eigenvalue weighted by Crippen LogP contribution is -2.56. The number of hydrogen-bond acceptors (Lipinski definition) is 4. The van der Waals surface area contributed by atoms with Crippen molar-refractivity contribution in [1.29, 1.82) is 0 Å². The van der Waals surface area contributed by atoms with Crippen LogP contribution in [0.4, 0.5) is 0 Å². The Morgan fingerprint density at radius 1 is 1.20 bits per heavy atom. The van der Waals surface area contributed by atoms with Crippen LogP contribution in [0.2, 0.25) is 0 Å². The average molecular weight is 284 g/mol. The van der Waals surface area contributed by atoms with Gasteiger partial charge in [0.25, 0.3) is 0 Å². The summed E-state index contributed by atoms with van der Waals surface area (Å²) in [7, 11) is 0. The van der Waals surface area contributed by atoms with Crippen LogP contribution in [-0.4, -0.2) is 53.6 Å². The van der Waals surface area contributed by atoms with Crippen molar-refractivity contribution >= 4 is 17.8 Å². The molecule has 20 heavy (non-hydrogen) atoms. The minimum absolute atomic E-state index is 0.121. The summed E-state index contributed by atoms with van der Waals surface area (Å²) in [6.07, 6.45) is 2.35. The first-order chi connectivity index (χ1) is 9.50. The van der Waals surface area contributed by atoms with Crippen molar-refractivity contribution in [2.45, 2.75) is 31.7 Å². The third kappa shape index (κ3) is 3.09. The molecule has 3 N–H and O–H groups in total. The molecule has 2 aliphatic rings. The van der Waals surface area contributed by atoms with Crippen molar-refractivity contribution in [3.05, 3.63) is 0 Å². The number of aliphatic carboxylic acids is 1. The SMILES string of the molecule is NC(=O)C1COCCN1C(=O)C1CCCC(C(=O)O)C1. The van der Waals surface area contributed by atoms with Crippen molar-refractivity contribution in [2.24, 2.45) is 17.6 Å². The van der Waals surface area contributed by atoms with E-state index in [1.165, 1.54) is 4.90 Å². The van der Waals surface area contributed by atoms with Gasteiger partial charge in [-0.3, -0.25) is 14.4 Å². The van der Waals surface area contributed by atoms with E-state index in [-0.39, 0.29) is 18.4 Å². The molecule has 1 saturated heterocycles. The van der Waals surface area contributed by atoms with Crippen LogP contribution in [0.25, 0.3) is 0 Å². The third-order valence-electron chi connectivity index (χ3n) is 4.11. The van der Waals surface area contributed by atoms with E-state index in [1.54, 1.807) is 0 Å². The number of carbonyl (C=O) groups is 3. The molecule has 0 aromatic carbocycles. The average Bonchev–Trinajstić information content (AvgIpc) is 2.46. The standard InChI is InChI=1S/C13H20N2O5/c14-11(16)10-7-20-5-4-15(10)12(17)8-2-1-3-9(6-8)13(18)19/h8-10H,1-7H2,(H2,14,16)(H,18,19). The number of morpholine rings is 1. The summed E-state index contributed by atoms with van der Waals surface area (Å²) >= 11 is 0. The highest BCUT2D eigenvalue weighted by Crippen LogP contribution is 2.31. The van der Waals surface area contributed by atoms with Crippen LogP contribution in [-0.2, 0) is 19.1 Å². The molecule has 1 heterocycles. The molecule has 0 radical (unpaired) electrons. The van der Waals surface area contributed by atoms with Crippen LogP contribution in [0.3, 0.4) is 0 Å². The number of rotatable bonds is 3. The Morgan fingerprint density at radius 3 is 2.55 bits per heavy atom. The van der Waals surface area contributed by atoms with E-state index in [4.69, 9.17) is 15.6 Å². The molecular formula is C13H20N2O5. The molecule has 1 aliphatic carbocycles. The summed E-state index contributed by atoms with van der Waals surface area (Å²) in [6, 6.07) is -0.735. The van der Waals surface area contributed by atoms with Crippen LogP contribution < -0.4 is 5.73 Å². The second-order valence-electron chi connectivity index (χ2n) is 5.42. The Labute approximate surface area is 117 Å². The maximum Gasteiger partial charge on any atom is 0.306 e. The first kappa shape index (κ1) is 14.8. The fourth-order valence-electron chi connectivity index (χ4n) is 2.98. The smallest absolute Gasteiger partial charge is 0.306 e. The highest BCUT2D eigenvalue weighted by atomic mass is 16.5.